The lowest BCUT2D eigenvalue weighted by Gasteiger charge is -1.97. The summed E-state index contributed by atoms with van der Waals surface area (Å²) in [6, 6.07) is 3.91. The molecule has 0 aliphatic carbocycles. The van der Waals surface area contributed by atoms with Crippen LogP contribution in [0.5, 0.6) is 0 Å². The highest BCUT2D eigenvalue weighted by molar-refractivity contribution is 9.08. The molecule has 0 aliphatic heterocycles. The fraction of sp³-hybridized carbons (Fsp3) is 0.143. The van der Waals surface area contributed by atoms with Gasteiger partial charge in [-0.25, -0.2) is 0 Å². The molecule has 13 heavy (non-hydrogen) atoms. The fourth-order valence-corrected chi connectivity index (χ4v) is 1.33. The summed E-state index contributed by atoms with van der Waals surface area (Å²) in [5.74, 6) is 0. The number of nitrogens with zero attached hydrogens (tertiary/aromatic N) is 2. The summed E-state index contributed by atoms with van der Waals surface area (Å²) in [5.41, 5.74) is 0.702. The van der Waals surface area contributed by atoms with Gasteiger partial charge >= 0.3 is 0 Å². The molecule has 0 amide bonds. The molecule has 6 heteroatoms. The van der Waals surface area contributed by atoms with Gasteiger partial charge in [0.1, 0.15) is 5.69 Å². The highest BCUT2D eigenvalue weighted by Crippen LogP contribution is 2.25. The molecule has 0 N–H and O–H groups in total. The first-order valence-corrected chi connectivity index (χ1v) is 4.48. The van der Waals surface area contributed by atoms with Crippen molar-refractivity contribution in [2.45, 2.75) is 5.33 Å². The second kappa shape index (κ2) is 4.08. The zero-order chi connectivity index (χ0) is 9.84. The maximum Gasteiger partial charge on any atom is 0.269 e. The van der Waals surface area contributed by atoms with Crippen LogP contribution in [0.3, 0.4) is 0 Å². The van der Waals surface area contributed by atoms with Gasteiger partial charge in [-0.1, -0.05) is 15.9 Å². The second-order valence-electron chi connectivity index (χ2n) is 2.30. The third-order valence-corrected chi connectivity index (χ3v) is 2.12. The smallest absolute Gasteiger partial charge is 0.258 e. The van der Waals surface area contributed by atoms with E-state index in [4.69, 9.17) is 0 Å². The first kappa shape index (κ1) is 9.79. The minimum Gasteiger partial charge on any atom is -0.258 e. The topological polar surface area (TPSA) is 72.6 Å². The maximum absolute atomic E-state index is 10.4. The first-order valence-electron chi connectivity index (χ1n) is 3.35. The lowest BCUT2D eigenvalue weighted by atomic mass is 10.2. The van der Waals surface area contributed by atoms with Crippen molar-refractivity contribution in [1.82, 2.24) is 0 Å². The molecule has 0 fully saturated rings. The Labute approximate surface area is 82.0 Å². The van der Waals surface area contributed by atoms with Crippen LogP contribution < -0.4 is 0 Å². The van der Waals surface area contributed by atoms with E-state index in [0.717, 1.165) is 0 Å². The Morgan fingerprint density at radius 2 is 2.23 bits per heavy atom. The molecular formula is C7H5BrN2O3. The Kier molecular flexibility index (Phi) is 3.07. The van der Waals surface area contributed by atoms with Gasteiger partial charge in [0.05, 0.1) is 4.92 Å². The summed E-state index contributed by atoms with van der Waals surface area (Å²) < 4.78 is 0. The summed E-state index contributed by atoms with van der Waals surface area (Å²) in [6.45, 7) is 0. The molecule has 0 aliphatic rings. The normalized spacial score (nSPS) is 9.62. The van der Waals surface area contributed by atoms with Crippen LogP contribution in [0.4, 0.5) is 11.4 Å². The van der Waals surface area contributed by atoms with Crippen LogP contribution >= 0.6 is 15.9 Å². The van der Waals surface area contributed by atoms with Crippen LogP contribution in [0.2, 0.25) is 0 Å². The van der Waals surface area contributed by atoms with Crippen molar-refractivity contribution in [3.63, 3.8) is 0 Å². The number of halogens is 1. The SMILES string of the molecule is O=Nc1ccc([N+](=O)[O-])cc1CBr. The number of benzene rings is 1. The van der Waals surface area contributed by atoms with Gasteiger partial charge < -0.3 is 0 Å². The molecule has 0 aromatic heterocycles. The van der Waals surface area contributed by atoms with Gasteiger partial charge in [0.25, 0.3) is 5.69 Å². The molecule has 1 rings (SSSR count). The number of nitroso groups, excluding NO2 is 1. The average Bonchev–Trinajstić information content (AvgIpc) is 2.16. The molecule has 0 heterocycles. The predicted octanol–water partition coefficient (Wildman–Crippen LogP) is 2.89. The van der Waals surface area contributed by atoms with E-state index >= 15 is 0 Å². The number of hydrogen-bond donors (Lipinski definition) is 0. The van der Waals surface area contributed by atoms with E-state index in [1.807, 2.05) is 0 Å². The number of nitro groups is 1. The molecule has 0 atom stereocenters. The molecule has 0 saturated carbocycles. The first-order chi connectivity index (χ1) is 6.19. The minimum atomic E-state index is -0.513. The van der Waals surface area contributed by atoms with E-state index in [2.05, 4.69) is 21.1 Å². The molecule has 5 nitrogen and oxygen atoms in total. The summed E-state index contributed by atoms with van der Waals surface area (Å²) in [5, 5.41) is 13.5. The quantitative estimate of drug-likeness (QED) is 0.355. The molecule has 68 valence electrons. The molecule has 0 radical (unpaired) electrons. The van der Waals surface area contributed by atoms with Crippen molar-refractivity contribution < 1.29 is 4.92 Å². The Hall–Kier alpha value is -1.30. The molecular weight excluding hydrogens is 240 g/mol. The summed E-state index contributed by atoms with van der Waals surface area (Å²) in [7, 11) is 0. The number of non-ortho nitro benzene ring substituents is 1. The number of alkyl halides is 1. The van der Waals surface area contributed by atoms with Gasteiger partial charge in [-0.15, -0.1) is 4.91 Å². The van der Waals surface area contributed by atoms with Gasteiger partial charge in [0, 0.05) is 17.5 Å². The molecule has 1 aromatic carbocycles. The van der Waals surface area contributed by atoms with Crippen LogP contribution in [0.25, 0.3) is 0 Å². The zero-order valence-electron chi connectivity index (χ0n) is 6.44. The number of nitro benzene ring substituents is 1. The highest BCUT2D eigenvalue weighted by Gasteiger charge is 2.09. The van der Waals surface area contributed by atoms with E-state index in [1.165, 1.54) is 18.2 Å². The predicted molar refractivity (Wildman–Crippen MR) is 51.2 cm³/mol. The molecule has 0 spiro atoms. The van der Waals surface area contributed by atoms with Crippen LogP contribution in [0.15, 0.2) is 23.4 Å². The third kappa shape index (κ3) is 2.09. The molecule has 0 saturated heterocycles. The summed E-state index contributed by atoms with van der Waals surface area (Å²) in [4.78, 5) is 20.1. The summed E-state index contributed by atoms with van der Waals surface area (Å²) in [6.07, 6.45) is 0. The lowest BCUT2D eigenvalue weighted by Crippen LogP contribution is -1.89. The van der Waals surface area contributed by atoms with Gasteiger partial charge in [-0.05, 0) is 16.8 Å². The van der Waals surface area contributed by atoms with Crippen LogP contribution in [0.1, 0.15) is 5.56 Å². The van der Waals surface area contributed by atoms with Crippen molar-refractivity contribution in [3.05, 3.63) is 38.8 Å². The maximum atomic E-state index is 10.4. The van der Waals surface area contributed by atoms with Crippen LogP contribution in [-0.4, -0.2) is 4.92 Å². The average molecular weight is 245 g/mol. The van der Waals surface area contributed by atoms with Gasteiger partial charge in [0.15, 0.2) is 0 Å². The zero-order valence-corrected chi connectivity index (χ0v) is 8.02. The second-order valence-corrected chi connectivity index (χ2v) is 2.86. The van der Waals surface area contributed by atoms with E-state index in [9.17, 15) is 15.0 Å². The minimum absolute atomic E-state index is 0.0400. The molecule has 1 aromatic rings. The van der Waals surface area contributed by atoms with E-state index in [1.54, 1.807) is 0 Å². The van der Waals surface area contributed by atoms with Crippen molar-refractivity contribution in [2.75, 3.05) is 0 Å². The van der Waals surface area contributed by atoms with Crippen molar-refractivity contribution in [1.29, 1.82) is 0 Å². The Morgan fingerprint density at radius 3 is 2.69 bits per heavy atom. The van der Waals surface area contributed by atoms with Crippen molar-refractivity contribution in [3.8, 4) is 0 Å². The Bertz CT molecular complexity index is 354. The van der Waals surface area contributed by atoms with E-state index < -0.39 is 4.92 Å². The van der Waals surface area contributed by atoms with Crippen LogP contribution in [0, 0.1) is 15.0 Å². The Balaban J connectivity index is 3.20. The number of rotatable bonds is 3. The van der Waals surface area contributed by atoms with Crippen LogP contribution in [-0.2, 0) is 5.33 Å². The molecule has 0 bridgehead atoms. The standard InChI is InChI=1S/C7H5BrN2O3/c8-4-5-3-6(10(12)13)1-2-7(5)9-11/h1-3H,4H2. The summed E-state index contributed by atoms with van der Waals surface area (Å²) >= 11 is 3.11. The highest BCUT2D eigenvalue weighted by atomic mass is 79.9. The van der Waals surface area contributed by atoms with Gasteiger partial charge in [0.2, 0.25) is 0 Å². The van der Waals surface area contributed by atoms with E-state index in [0.29, 0.717) is 10.9 Å². The largest absolute Gasteiger partial charge is 0.269 e. The van der Waals surface area contributed by atoms with Crippen molar-refractivity contribution in [2.24, 2.45) is 5.18 Å². The Morgan fingerprint density at radius 1 is 1.54 bits per heavy atom. The third-order valence-electron chi connectivity index (χ3n) is 1.52. The van der Waals surface area contributed by atoms with Crippen molar-refractivity contribution >= 4 is 27.3 Å². The monoisotopic (exact) mass is 244 g/mol. The van der Waals surface area contributed by atoms with Gasteiger partial charge in [-0.2, -0.15) is 0 Å². The fourth-order valence-electron chi connectivity index (χ4n) is 0.882. The van der Waals surface area contributed by atoms with E-state index in [-0.39, 0.29) is 11.4 Å². The lowest BCUT2D eigenvalue weighted by molar-refractivity contribution is -0.384. The number of hydrogen-bond acceptors (Lipinski definition) is 4. The molecule has 0 unspecified atom stereocenters. The van der Waals surface area contributed by atoms with Gasteiger partial charge in [-0.3, -0.25) is 10.1 Å².